The lowest BCUT2D eigenvalue weighted by molar-refractivity contribution is 0.0983. The van der Waals surface area contributed by atoms with Crippen LogP contribution in [0.2, 0.25) is 0 Å². The van der Waals surface area contributed by atoms with E-state index in [0.29, 0.717) is 39.1 Å². The van der Waals surface area contributed by atoms with Crippen LogP contribution in [0.5, 0.6) is 17.2 Å². The Kier molecular flexibility index (Phi) is 7.66. The average Bonchev–Trinajstić information content (AvgIpc) is 3.30. The summed E-state index contributed by atoms with van der Waals surface area (Å²) in [5.41, 5.74) is 2.25. The number of hydrazone groups is 1. The summed E-state index contributed by atoms with van der Waals surface area (Å²) in [5, 5.41) is 6.13. The molecule has 0 N–H and O–H groups in total. The van der Waals surface area contributed by atoms with Gasteiger partial charge in [0.1, 0.15) is 0 Å². The molecule has 4 aromatic rings. The van der Waals surface area contributed by atoms with Crippen molar-refractivity contribution in [3.8, 4) is 17.2 Å². The summed E-state index contributed by atoms with van der Waals surface area (Å²) < 4.78 is 18.0. The van der Waals surface area contributed by atoms with Crippen LogP contribution in [0.15, 0.2) is 64.2 Å². The smallest absolute Gasteiger partial charge is 0.280 e. The van der Waals surface area contributed by atoms with E-state index in [0.717, 1.165) is 14.7 Å². The van der Waals surface area contributed by atoms with Crippen molar-refractivity contribution in [2.45, 2.75) is 6.92 Å². The lowest BCUT2D eigenvalue weighted by Crippen LogP contribution is -2.25. The number of fused-ring (bicyclic) bond motifs is 1. The number of ketones is 1. The number of anilines is 1. The van der Waals surface area contributed by atoms with Crippen molar-refractivity contribution in [3.05, 3.63) is 75.8 Å². The molecular formula is C26H22BrN3O5S. The predicted octanol–water partition coefficient (Wildman–Crippen LogP) is 5.97. The zero-order chi connectivity index (χ0) is 25.8. The number of hydrogen-bond acceptors (Lipinski definition) is 8. The summed E-state index contributed by atoms with van der Waals surface area (Å²) >= 11 is 4.80. The van der Waals surface area contributed by atoms with E-state index in [1.165, 1.54) is 50.8 Å². The van der Waals surface area contributed by atoms with Gasteiger partial charge in [-0.25, -0.2) is 4.98 Å². The van der Waals surface area contributed by atoms with Gasteiger partial charge in [-0.05, 0) is 49.4 Å². The zero-order valence-corrected chi connectivity index (χ0v) is 22.3. The van der Waals surface area contributed by atoms with Gasteiger partial charge in [0, 0.05) is 21.2 Å². The first-order chi connectivity index (χ1) is 17.3. The second kappa shape index (κ2) is 10.9. The number of methoxy groups -OCH3 is 3. The van der Waals surface area contributed by atoms with Gasteiger partial charge >= 0.3 is 0 Å². The maximum Gasteiger partial charge on any atom is 0.280 e. The molecule has 3 aromatic carbocycles. The summed E-state index contributed by atoms with van der Waals surface area (Å²) in [5.74, 6) is 0.893. The van der Waals surface area contributed by atoms with Crippen LogP contribution in [-0.4, -0.2) is 44.2 Å². The summed E-state index contributed by atoms with van der Waals surface area (Å²) in [7, 11) is 4.58. The van der Waals surface area contributed by atoms with Crippen LogP contribution in [0.3, 0.4) is 0 Å². The van der Waals surface area contributed by atoms with Gasteiger partial charge < -0.3 is 14.2 Å². The molecule has 0 saturated carbocycles. The molecule has 8 nitrogen and oxygen atoms in total. The summed E-state index contributed by atoms with van der Waals surface area (Å²) in [6.45, 7) is 1.48. The van der Waals surface area contributed by atoms with Crippen molar-refractivity contribution in [2.24, 2.45) is 5.10 Å². The highest BCUT2D eigenvalue weighted by Crippen LogP contribution is 2.38. The molecule has 36 heavy (non-hydrogen) atoms. The Balaban J connectivity index is 1.78. The van der Waals surface area contributed by atoms with Crippen LogP contribution in [-0.2, 0) is 0 Å². The number of benzene rings is 3. The lowest BCUT2D eigenvalue weighted by atomic mass is 10.1. The topological polar surface area (TPSA) is 90.3 Å². The van der Waals surface area contributed by atoms with Crippen molar-refractivity contribution >= 4 is 60.5 Å². The number of carbonyl (C=O) groups is 2. The number of thiazole rings is 1. The Morgan fingerprint density at radius 3 is 2.17 bits per heavy atom. The molecule has 0 bridgehead atoms. The van der Waals surface area contributed by atoms with Crippen LogP contribution in [0.4, 0.5) is 5.13 Å². The third kappa shape index (κ3) is 5.24. The van der Waals surface area contributed by atoms with E-state index >= 15 is 0 Å². The minimum absolute atomic E-state index is 0.0805. The summed E-state index contributed by atoms with van der Waals surface area (Å²) in [4.78, 5) is 29.8. The third-order valence-electron chi connectivity index (χ3n) is 5.26. The van der Waals surface area contributed by atoms with E-state index in [1.807, 2.05) is 18.2 Å². The largest absolute Gasteiger partial charge is 0.493 e. The van der Waals surface area contributed by atoms with Gasteiger partial charge in [-0.15, -0.1) is 0 Å². The first kappa shape index (κ1) is 25.3. The number of Topliss-reactive ketones (excluding diaryl/α,β-unsaturated/α-hetero) is 1. The average molecular weight is 568 g/mol. The van der Waals surface area contributed by atoms with E-state index in [2.05, 4.69) is 26.0 Å². The molecule has 0 radical (unpaired) electrons. The third-order valence-corrected chi connectivity index (χ3v) is 6.75. The maximum atomic E-state index is 13.6. The van der Waals surface area contributed by atoms with E-state index < -0.39 is 5.91 Å². The highest BCUT2D eigenvalue weighted by atomic mass is 79.9. The number of hydrogen-bond donors (Lipinski definition) is 0. The molecular weight excluding hydrogens is 546 g/mol. The number of halogens is 1. The molecule has 0 atom stereocenters. The molecule has 0 unspecified atom stereocenters. The van der Waals surface area contributed by atoms with E-state index in [1.54, 1.807) is 36.4 Å². The fraction of sp³-hybridized carbons (Fsp3) is 0.154. The SMILES string of the molecule is COc1cc(/C=N/N(C(=O)c2ccc(C(C)=O)cc2)c2nc3ccc(Br)cc3s2)cc(OC)c1OC. The van der Waals surface area contributed by atoms with Gasteiger partial charge in [0.2, 0.25) is 10.9 Å². The Morgan fingerprint density at radius 1 is 0.944 bits per heavy atom. The van der Waals surface area contributed by atoms with Crippen LogP contribution in [0.1, 0.15) is 33.2 Å². The van der Waals surface area contributed by atoms with E-state index in [-0.39, 0.29) is 5.78 Å². The van der Waals surface area contributed by atoms with Gasteiger partial charge in [0.05, 0.1) is 37.8 Å². The van der Waals surface area contributed by atoms with Crippen molar-refractivity contribution in [3.63, 3.8) is 0 Å². The second-order valence-electron chi connectivity index (χ2n) is 7.56. The van der Waals surface area contributed by atoms with Crippen LogP contribution >= 0.6 is 27.3 Å². The van der Waals surface area contributed by atoms with Gasteiger partial charge in [-0.3, -0.25) is 9.59 Å². The monoisotopic (exact) mass is 567 g/mol. The van der Waals surface area contributed by atoms with Crippen LogP contribution < -0.4 is 19.2 Å². The first-order valence-corrected chi connectivity index (χ1v) is 12.3. The molecule has 0 aliphatic carbocycles. The Hall–Kier alpha value is -3.76. The highest BCUT2D eigenvalue weighted by molar-refractivity contribution is 9.10. The van der Waals surface area contributed by atoms with Gasteiger partial charge in [0.25, 0.3) is 5.91 Å². The van der Waals surface area contributed by atoms with Crippen molar-refractivity contribution in [2.75, 3.05) is 26.3 Å². The molecule has 10 heteroatoms. The summed E-state index contributed by atoms with van der Waals surface area (Å²) in [6.07, 6.45) is 1.52. The molecule has 0 aliphatic rings. The normalized spacial score (nSPS) is 11.0. The Bertz CT molecular complexity index is 1440. The maximum absolute atomic E-state index is 13.6. The Morgan fingerprint density at radius 2 is 1.58 bits per heavy atom. The van der Waals surface area contributed by atoms with E-state index in [4.69, 9.17) is 14.2 Å². The predicted molar refractivity (Wildman–Crippen MR) is 144 cm³/mol. The van der Waals surface area contributed by atoms with Gasteiger partial charge in [-0.2, -0.15) is 10.1 Å². The number of amides is 1. The van der Waals surface area contributed by atoms with Gasteiger partial charge in [0.15, 0.2) is 17.3 Å². The molecule has 4 rings (SSSR count). The molecule has 0 spiro atoms. The molecule has 0 aliphatic heterocycles. The van der Waals surface area contributed by atoms with E-state index in [9.17, 15) is 9.59 Å². The molecule has 1 aromatic heterocycles. The lowest BCUT2D eigenvalue weighted by Gasteiger charge is -2.15. The number of nitrogens with zero attached hydrogens (tertiary/aromatic N) is 3. The summed E-state index contributed by atoms with van der Waals surface area (Å²) in [6, 6.07) is 15.6. The number of ether oxygens (including phenoxy) is 3. The second-order valence-corrected chi connectivity index (χ2v) is 9.49. The van der Waals surface area contributed by atoms with Crippen molar-refractivity contribution in [1.82, 2.24) is 4.98 Å². The van der Waals surface area contributed by atoms with Crippen molar-refractivity contribution in [1.29, 1.82) is 0 Å². The fourth-order valence-electron chi connectivity index (χ4n) is 3.44. The van der Waals surface area contributed by atoms with Crippen molar-refractivity contribution < 1.29 is 23.8 Å². The number of aromatic nitrogens is 1. The highest BCUT2D eigenvalue weighted by Gasteiger charge is 2.22. The number of carbonyl (C=O) groups excluding carboxylic acids is 2. The number of rotatable bonds is 8. The minimum Gasteiger partial charge on any atom is -0.493 e. The first-order valence-electron chi connectivity index (χ1n) is 10.7. The van der Waals surface area contributed by atoms with Gasteiger partial charge in [-0.1, -0.05) is 39.4 Å². The van der Waals surface area contributed by atoms with Crippen LogP contribution in [0, 0.1) is 0 Å². The standard InChI is InChI=1S/C26H22BrN3O5S/c1-15(31)17-5-7-18(8-6-17)25(32)30(26-29-20-10-9-19(27)13-23(20)36-26)28-14-16-11-21(33-2)24(35-4)22(12-16)34-3/h5-14H,1-4H3/b28-14+. The zero-order valence-electron chi connectivity index (χ0n) is 19.9. The molecule has 184 valence electrons. The van der Waals surface area contributed by atoms with Crippen LogP contribution in [0.25, 0.3) is 10.2 Å². The molecule has 0 saturated heterocycles. The molecule has 1 heterocycles. The fourth-order valence-corrected chi connectivity index (χ4v) is 4.91. The minimum atomic E-state index is -0.396. The molecule has 1 amide bonds. The quantitative estimate of drug-likeness (QED) is 0.148. The molecule has 0 fully saturated rings. The Labute approximate surface area is 220 Å².